The van der Waals surface area contributed by atoms with Crippen molar-refractivity contribution in [3.8, 4) is 5.75 Å². The van der Waals surface area contributed by atoms with Gasteiger partial charge in [0.2, 0.25) is 0 Å². The number of carbonyl (C=O) groups is 1. The van der Waals surface area contributed by atoms with Gasteiger partial charge in [0, 0.05) is 12.5 Å². The first-order valence-corrected chi connectivity index (χ1v) is 4.84. The molecule has 0 radical (unpaired) electrons. The molecule has 1 aliphatic heterocycles. The Morgan fingerprint density at radius 2 is 2.40 bits per heavy atom. The zero-order valence-corrected chi connectivity index (χ0v) is 8.53. The Morgan fingerprint density at radius 3 is 3.07 bits per heavy atom. The van der Waals surface area contributed by atoms with E-state index in [1.807, 2.05) is 24.3 Å². The number of hydrogen-bond acceptors (Lipinski definition) is 3. The van der Waals surface area contributed by atoms with E-state index >= 15 is 0 Å². The fourth-order valence-electron chi connectivity index (χ4n) is 1.60. The standard InChI is InChI=1S/C11H13NO3/c1-14-10-4-2-3-8(5-10)9-6-12-11(13)15-7-9/h2-5,9H,6-7H2,1H3,(H,12,13). The van der Waals surface area contributed by atoms with Crippen LogP contribution in [0.3, 0.4) is 0 Å². The molecule has 15 heavy (non-hydrogen) atoms. The van der Waals surface area contributed by atoms with E-state index in [1.54, 1.807) is 7.11 Å². The van der Waals surface area contributed by atoms with Gasteiger partial charge in [-0.05, 0) is 17.7 Å². The van der Waals surface area contributed by atoms with Gasteiger partial charge in [0.1, 0.15) is 12.4 Å². The van der Waals surface area contributed by atoms with E-state index in [1.165, 1.54) is 0 Å². The molecule has 1 amide bonds. The van der Waals surface area contributed by atoms with Gasteiger partial charge in [0.25, 0.3) is 0 Å². The molecule has 1 N–H and O–H groups in total. The van der Waals surface area contributed by atoms with Crippen molar-refractivity contribution in [2.75, 3.05) is 20.3 Å². The lowest BCUT2D eigenvalue weighted by atomic mass is 9.99. The minimum absolute atomic E-state index is 0.206. The van der Waals surface area contributed by atoms with Crippen LogP contribution < -0.4 is 10.1 Å². The normalized spacial score (nSPS) is 20.3. The Bertz CT molecular complexity index is 355. The summed E-state index contributed by atoms with van der Waals surface area (Å²) in [5.74, 6) is 1.03. The molecule has 1 aromatic rings. The van der Waals surface area contributed by atoms with Crippen molar-refractivity contribution in [1.29, 1.82) is 0 Å². The number of carbonyl (C=O) groups excluding carboxylic acids is 1. The summed E-state index contributed by atoms with van der Waals surface area (Å²) in [4.78, 5) is 10.8. The summed E-state index contributed by atoms with van der Waals surface area (Å²) in [5, 5.41) is 2.67. The van der Waals surface area contributed by atoms with Crippen molar-refractivity contribution in [2.45, 2.75) is 5.92 Å². The summed E-state index contributed by atoms with van der Waals surface area (Å²) in [7, 11) is 1.64. The number of alkyl carbamates (subject to hydrolysis) is 1. The van der Waals surface area contributed by atoms with Crippen molar-refractivity contribution in [2.24, 2.45) is 0 Å². The van der Waals surface area contributed by atoms with Crippen LogP contribution in [0.1, 0.15) is 11.5 Å². The van der Waals surface area contributed by atoms with Crippen molar-refractivity contribution in [3.63, 3.8) is 0 Å². The maximum Gasteiger partial charge on any atom is 0.407 e. The Kier molecular flexibility index (Phi) is 2.76. The summed E-state index contributed by atoms with van der Waals surface area (Å²) in [6.07, 6.45) is -0.339. The van der Waals surface area contributed by atoms with Crippen LogP contribution >= 0.6 is 0 Å². The third-order valence-corrected chi connectivity index (χ3v) is 2.47. The third-order valence-electron chi connectivity index (χ3n) is 2.47. The van der Waals surface area contributed by atoms with E-state index in [4.69, 9.17) is 9.47 Å². The molecule has 1 aliphatic rings. The molecule has 1 atom stereocenters. The van der Waals surface area contributed by atoms with E-state index in [0.717, 1.165) is 11.3 Å². The highest BCUT2D eigenvalue weighted by molar-refractivity contribution is 5.68. The number of rotatable bonds is 2. The van der Waals surface area contributed by atoms with E-state index in [0.29, 0.717) is 13.2 Å². The lowest BCUT2D eigenvalue weighted by Crippen LogP contribution is -2.37. The topological polar surface area (TPSA) is 47.6 Å². The van der Waals surface area contributed by atoms with Crippen molar-refractivity contribution >= 4 is 6.09 Å². The zero-order valence-electron chi connectivity index (χ0n) is 8.53. The van der Waals surface area contributed by atoms with Gasteiger partial charge in [-0.1, -0.05) is 12.1 Å². The van der Waals surface area contributed by atoms with Crippen LogP contribution in [0.5, 0.6) is 5.75 Å². The van der Waals surface area contributed by atoms with Gasteiger partial charge < -0.3 is 14.8 Å². The van der Waals surface area contributed by atoms with Crippen LogP contribution in [-0.4, -0.2) is 26.4 Å². The molecule has 1 fully saturated rings. The van der Waals surface area contributed by atoms with Gasteiger partial charge in [0.15, 0.2) is 0 Å². The molecule has 2 rings (SSSR count). The molecule has 1 saturated heterocycles. The Morgan fingerprint density at radius 1 is 1.53 bits per heavy atom. The second kappa shape index (κ2) is 4.21. The van der Waals surface area contributed by atoms with Crippen molar-refractivity contribution in [3.05, 3.63) is 29.8 Å². The van der Waals surface area contributed by atoms with Crippen LogP contribution in [0, 0.1) is 0 Å². The first kappa shape index (κ1) is 9.83. The highest BCUT2D eigenvalue weighted by atomic mass is 16.6. The number of cyclic esters (lactones) is 1. The summed E-state index contributed by atoms with van der Waals surface area (Å²) >= 11 is 0. The monoisotopic (exact) mass is 207 g/mol. The average molecular weight is 207 g/mol. The maximum absolute atomic E-state index is 10.8. The highest BCUT2D eigenvalue weighted by Crippen LogP contribution is 2.22. The average Bonchev–Trinajstić information content (AvgIpc) is 2.30. The summed E-state index contributed by atoms with van der Waals surface area (Å²) in [6.45, 7) is 1.05. The molecular weight excluding hydrogens is 194 g/mol. The third kappa shape index (κ3) is 2.21. The Labute approximate surface area is 88.2 Å². The van der Waals surface area contributed by atoms with Crippen LogP contribution in [-0.2, 0) is 4.74 Å². The zero-order chi connectivity index (χ0) is 10.7. The number of hydrogen-bond donors (Lipinski definition) is 1. The molecule has 4 nitrogen and oxygen atoms in total. The van der Waals surface area contributed by atoms with Crippen molar-refractivity contribution < 1.29 is 14.3 Å². The molecule has 1 aromatic carbocycles. The fraction of sp³-hybridized carbons (Fsp3) is 0.364. The highest BCUT2D eigenvalue weighted by Gasteiger charge is 2.20. The SMILES string of the molecule is COc1cccc(C2CNC(=O)OC2)c1. The largest absolute Gasteiger partial charge is 0.497 e. The van der Waals surface area contributed by atoms with Gasteiger partial charge in [-0.3, -0.25) is 0 Å². The molecule has 0 aliphatic carbocycles. The molecular formula is C11H13NO3. The number of ether oxygens (including phenoxy) is 2. The minimum Gasteiger partial charge on any atom is -0.497 e. The van der Waals surface area contributed by atoms with Gasteiger partial charge in [-0.2, -0.15) is 0 Å². The minimum atomic E-state index is -0.339. The lowest BCUT2D eigenvalue weighted by Gasteiger charge is -2.23. The van der Waals surface area contributed by atoms with E-state index < -0.39 is 0 Å². The second-order valence-electron chi connectivity index (χ2n) is 3.45. The van der Waals surface area contributed by atoms with Gasteiger partial charge in [-0.25, -0.2) is 4.79 Å². The molecule has 80 valence electrons. The lowest BCUT2D eigenvalue weighted by molar-refractivity contribution is 0.120. The van der Waals surface area contributed by atoms with Crippen LogP contribution in [0.4, 0.5) is 4.79 Å². The smallest absolute Gasteiger partial charge is 0.407 e. The molecule has 1 heterocycles. The molecule has 0 saturated carbocycles. The quantitative estimate of drug-likeness (QED) is 0.799. The number of methoxy groups -OCH3 is 1. The number of nitrogens with one attached hydrogen (secondary N) is 1. The predicted molar refractivity (Wildman–Crippen MR) is 55.1 cm³/mol. The van der Waals surface area contributed by atoms with E-state index in [2.05, 4.69) is 5.32 Å². The summed E-state index contributed by atoms with van der Waals surface area (Å²) < 4.78 is 10.1. The molecule has 1 unspecified atom stereocenters. The molecule has 0 aromatic heterocycles. The Balaban J connectivity index is 2.11. The molecule has 0 bridgehead atoms. The Hall–Kier alpha value is -1.71. The van der Waals surface area contributed by atoms with Gasteiger partial charge >= 0.3 is 6.09 Å². The summed E-state index contributed by atoms with van der Waals surface area (Å²) in [6, 6.07) is 7.80. The van der Waals surface area contributed by atoms with E-state index in [9.17, 15) is 4.79 Å². The van der Waals surface area contributed by atoms with Crippen LogP contribution in [0.2, 0.25) is 0 Å². The second-order valence-corrected chi connectivity index (χ2v) is 3.45. The maximum atomic E-state index is 10.8. The van der Waals surface area contributed by atoms with Crippen LogP contribution in [0.15, 0.2) is 24.3 Å². The van der Waals surface area contributed by atoms with Gasteiger partial charge in [0.05, 0.1) is 7.11 Å². The fourth-order valence-corrected chi connectivity index (χ4v) is 1.60. The first-order chi connectivity index (χ1) is 7.29. The summed E-state index contributed by atoms with van der Waals surface area (Å²) in [5.41, 5.74) is 1.12. The molecule has 4 heteroatoms. The number of benzene rings is 1. The molecule has 0 spiro atoms. The predicted octanol–water partition coefficient (Wildman–Crippen LogP) is 1.52. The van der Waals surface area contributed by atoms with E-state index in [-0.39, 0.29) is 12.0 Å². The van der Waals surface area contributed by atoms with Crippen molar-refractivity contribution in [1.82, 2.24) is 5.32 Å². The van der Waals surface area contributed by atoms with Crippen LogP contribution in [0.25, 0.3) is 0 Å². The van der Waals surface area contributed by atoms with Gasteiger partial charge in [-0.15, -0.1) is 0 Å². The first-order valence-electron chi connectivity index (χ1n) is 4.84. The number of amides is 1.